The molecule has 0 heterocycles. The van der Waals surface area contributed by atoms with Crippen molar-refractivity contribution in [2.24, 2.45) is 0 Å². The molecule has 0 aliphatic carbocycles. The quantitative estimate of drug-likeness (QED) is 0.732. The summed E-state index contributed by atoms with van der Waals surface area (Å²) < 4.78 is 1.08. The fraction of sp³-hybridized carbons (Fsp3) is 0.250. The predicted molar refractivity (Wildman–Crippen MR) is 83.9 cm³/mol. The number of nitrogens with one attached hydrogen (secondary N) is 1. The highest BCUT2D eigenvalue weighted by Crippen LogP contribution is 2.28. The molecular formula is C16H18BrNO2. The van der Waals surface area contributed by atoms with Crippen LogP contribution in [0.5, 0.6) is 11.5 Å². The fourth-order valence-corrected chi connectivity index (χ4v) is 2.32. The lowest BCUT2D eigenvalue weighted by atomic mass is 10.1. The second-order valence-electron chi connectivity index (χ2n) is 4.90. The molecule has 0 radical (unpaired) electrons. The molecular weight excluding hydrogens is 318 g/mol. The minimum Gasteiger partial charge on any atom is -0.504 e. The molecule has 1 atom stereocenters. The van der Waals surface area contributed by atoms with Gasteiger partial charge in [0.1, 0.15) is 0 Å². The average molecular weight is 336 g/mol. The van der Waals surface area contributed by atoms with Crippen LogP contribution in [0.2, 0.25) is 0 Å². The maximum Gasteiger partial charge on any atom is 0.161 e. The van der Waals surface area contributed by atoms with Gasteiger partial charge < -0.3 is 15.5 Å². The van der Waals surface area contributed by atoms with Crippen molar-refractivity contribution in [3.63, 3.8) is 0 Å². The fourth-order valence-electron chi connectivity index (χ4n) is 2.05. The molecule has 0 amide bonds. The second kappa shape index (κ2) is 6.77. The normalized spacial score (nSPS) is 12.3. The lowest BCUT2D eigenvalue weighted by Crippen LogP contribution is -2.27. The summed E-state index contributed by atoms with van der Waals surface area (Å²) in [6.45, 7) is 2.62. The molecule has 1 unspecified atom stereocenters. The topological polar surface area (TPSA) is 52.5 Å². The largest absolute Gasteiger partial charge is 0.504 e. The molecule has 0 aliphatic heterocycles. The summed E-state index contributed by atoms with van der Waals surface area (Å²) in [4.78, 5) is 0. The van der Waals surface area contributed by atoms with E-state index >= 15 is 0 Å². The molecule has 0 fully saturated rings. The van der Waals surface area contributed by atoms with Crippen molar-refractivity contribution in [3.05, 3.63) is 58.1 Å². The first-order valence-electron chi connectivity index (χ1n) is 6.54. The van der Waals surface area contributed by atoms with Crippen molar-refractivity contribution in [2.75, 3.05) is 0 Å². The summed E-state index contributed by atoms with van der Waals surface area (Å²) in [5.74, 6) is -0.124. The van der Waals surface area contributed by atoms with E-state index in [0.717, 1.165) is 10.9 Å². The maximum atomic E-state index is 9.74. The van der Waals surface area contributed by atoms with E-state index in [1.54, 1.807) is 12.1 Å². The van der Waals surface area contributed by atoms with E-state index in [-0.39, 0.29) is 17.5 Å². The lowest BCUT2D eigenvalue weighted by Gasteiger charge is -2.15. The number of benzene rings is 2. The smallest absolute Gasteiger partial charge is 0.161 e. The minimum atomic E-state index is -0.0788. The first-order valence-corrected chi connectivity index (χ1v) is 7.33. The van der Waals surface area contributed by atoms with Gasteiger partial charge >= 0.3 is 0 Å². The molecule has 0 spiro atoms. The summed E-state index contributed by atoms with van der Waals surface area (Å²) in [6.07, 6.45) is 0.910. The molecule has 0 saturated heterocycles. The van der Waals surface area contributed by atoms with Gasteiger partial charge in [0.2, 0.25) is 0 Å². The van der Waals surface area contributed by atoms with Gasteiger partial charge in [0.05, 0.1) is 0 Å². The molecule has 2 aromatic rings. The summed E-state index contributed by atoms with van der Waals surface area (Å²) in [5, 5.41) is 22.5. The van der Waals surface area contributed by atoms with E-state index in [2.05, 4.69) is 40.3 Å². The molecule has 2 aromatic carbocycles. The van der Waals surface area contributed by atoms with Crippen molar-refractivity contribution in [3.8, 4) is 11.5 Å². The standard InChI is InChI=1S/C16H18BrNO2/c1-11(9-12-5-7-14(17)8-6-12)18-10-13-3-2-4-15(19)16(13)20/h2-8,11,18-20H,9-10H2,1H3. The van der Waals surface area contributed by atoms with Gasteiger partial charge in [-0.05, 0) is 37.1 Å². The number of hydrogen-bond donors (Lipinski definition) is 3. The number of rotatable bonds is 5. The van der Waals surface area contributed by atoms with Crippen LogP contribution in [0.4, 0.5) is 0 Å². The zero-order valence-corrected chi connectivity index (χ0v) is 12.9. The van der Waals surface area contributed by atoms with Crippen LogP contribution in [0.15, 0.2) is 46.9 Å². The SMILES string of the molecule is CC(Cc1ccc(Br)cc1)NCc1cccc(O)c1O. The molecule has 20 heavy (non-hydrogen) atoms. The monoisotopic (exact) mass is 335 g/mol. The van der Waals surface area contributed by atoms with E-state index in [0.29, 0.717) is 12.1 Å². The van der Waals surface area contributed by atoms with E-state index in [1.165, 1.54) is 11.6 Å². The molecule has 0 bridgehead atoms. The van der Waals surface area contributed by atoms with Gasteiger partial charge in [-0.2, -0.15) is 0 Å². The van der Waals surface area contributed by atoms with Crippen LogP contribution >= 0.6 is 15.9 Å². The Bertz CT molecular complexity index is 569. The number of para-hydroxylation sites is 1. The Kier molecular flexibility index (Phi) is 5.04. The Morgan fingerprint density at radius 2 is 1.80 bits per heavy atom. The van der Waals surface area contributed by atoms with Gasteiger partial charge in [0.15, 0.2) is 11.5 Å². The third kappa shape index (κ3) is 3.99. The number of phenolic OH excluding ortho intramolecular Hbond substituents is 2. The summed E-state index contributed by atoms with van der Waals surface area (Å²) >= 11 is 3.42. The number of halogens is 1. The third-order valence-electron chi connectivity index (χ3n) is 3.19. The molecule has 2 rings (SSSR count). The van der Waals surface area contributed by atoms with Crippen LogP contribution in [-0.4, -0.2) is 16.3 Å². The van der Waals surface area contributed by atoms with Crippen molar-refractivity contribution >= 4 is 15.9 Å². The molecule has 0 saturated carbocycles. The maximum absolute atomic E-state index is 9.74. The van der Waals surface area contributed by atoms with Gasteiger partial charge in [0.25, 0.3) is 0 Å². The number of aromatic hydroxyl groups is 2. The van der Waals surface area contributed by atoms with Crippen LogP contribution < -0.4 is 5.32 Å². The van der Waals surface area contributed by atoms with Gasteiger partial charge in [-0.3, -0.25) is 0 Å². The van der Waals surface area contributed by atoms with Crippen molar-refractivity contribution < 1.29 is 10.2 Å². The summed E-state index contributed by atoms with van der Waals surface area (Å²) in [6, 6.07) is 13.5. The first kappa shape index (κ1) is 14.9. The second-order valence-corrected chi connectivity index (χ2v) is 5.81. The van der Waals surface area contributed by atoms with E-state index in [4.69, 9.17) is 0 Å². The van der Waals surface area contributed by atoms with E-state index in [1.807, 2.05) is 12.1 Å². The molecule has 4 heteroatoms. The first-order chi connectivity index (χ1) is 9.56. The zero-order chi connectivity index (χ0) is 14.5. The average Bonchev–Trinajstić information content (AvgIpc) is 2.43. The third-order valence-corrected chi connectivity index (χ3v) is 3.72. The Morgan fingerprint density at radius 3 is 2.50 bits per heavy atom. The Balaban J connectivity index is 1.90. The Hall–Kier alpha value is -1.52. The van der Waals surface area contributed by atoms with Crippen molar-refractivity contribution in [1.29, 1.82) is 0 Å². The molecule has 0 aromatic heterocycles. The molecule has 3 N–H and O–H groups in total. The van der Waals surface area contributed by atoms with Crippen LogP contribution in [0.3, 0.4) is 0 Å². The van der Waals surface area contributed by atoms with Gasteiger partial charge in [0, 0.05) is 22.6 Å². The van der Waals surface area contributed by atoms with Gasteiger partial charge in [-0.1, -0.05) is 40.2 Å². The number of hydrogen-bond acceptors (Lipinski definition) is 3. The van der Waals surface area contributed by atoms with Gasteiger partial charge in [-0.15, -0.1) is 0 Å². The zero-order valence-electron chi connectivity index (χ0n) is 11.3. The Labute approximate surface area is 127 Å². The van der Waals surface area contributed by atoms with E-state index in [9.17, 15) is 10.2 Å². The number of phenols is 2. The van der Waals surface area contributed by atoms with E-state index < -0.39 is 0 Å². The van der Waals surface area contributed by atoms with Crippen LogP contribution in [0.25, 0.3) is 0 Å². The summed E-state index contributed by atoms with van der Waals surface area (Å²) in [5.41, 5.74) is 1.96. The van der Waals surface area contributed by atoms with Gasteiger partial charge in [-0.25, -0.2) is 0 Å². The van der Waals surface area contributed by atoms with Crippen LogP contribution in [0, 0.1) is 0 Å². The molecule has 106 valence electrons. The Morgan fingerprint density at radius 1 is 1.10 bits per heavy atom. The highest BCUT2D eigenvalue weighted by Gasteiger charge is 2.08. The predicted octanol–water partition coefficient (Wildman–Crippen LogP) is 3.58. The highest BCUT2D eigenvalue weighted by molar-refractivity contribution is 9.10. The molecule has 0 aliphatic rings. The molecule has 3 nitrogen and oxygen atoms in total. The minimum absolute atomic E-state index is 0.0455. The van der Waals surface area contributed by atoms with Crippen molar-refractivity contribution in [1.82, 2.24) is 5.32 Å². The highest BCUT2D eigenvalue weighted by atomic mass is 79.9. The van der Waals surface area contributed by atoms with Crippen molar-refractivity contribution in [2.45, 2.75) is 25.9 Å². The van der Waals surface area contributed by atoms with Crippen LogP contribution in [0.1, 0.15) is 18.1 Å². The summed E-state index contributed by atoms with van der Waals surface area (Å²) in [7, 11) is 0. The lowest BCUT2D eigenvalue weighted by molar-refractivity contribution is 0.396. The van der Waals surface area contributed by atoms with Crippen LogP contribution in [-0.2, 0) is 13.0 Å².